The van der Waals surface area contributed by atoms with Gasteiger partial charge in [-0.2, -0.15) is 0 Å². The minimum absolute atomic E-state index is 0.00820. The number of hydrogen-bond donors (Lipinski definition) is 0. The first-order valence-corrected chi connectivity index (χ1v) is 7.48. The van der Waals surface area contributed by atoms with E-state index in [1.807, 2.05) is 4.90 Å². The fourth-order valence-corrected chi connectivity index (χ4v) is 3.05. The summed E-state index contributed by atoms with van der Waals surface area (Å²) in [6.45, 7) is 3.15. The summed E-state index contributed by atoms with van der Waals surface area (Å²) in [6, 6.07) is 6.86. The summed E-state index contributed by atoms with van der Waals surface area (Å²) < 4.78 is 5.00. The van der Waals surface area contributed by atoms with Crippen LogP contribution in [0.1, 0.15) is 16.8 Å². The van der Waals surface area contributed by atoms with Crippen molar-refractivity contribution in [3.05, 3.63) is 34.9 Å². The summed E-state index contributed by atoms with van der Waals surface area (Å²) >= 11 is 5.92. The van der Waals surface area contributed by atoms with E-state index in [4.69, 9.17) is 16.3 Å². The molecule has 0 aromatic heterocycles. The number of nitrogens with zero attached hydrogens (tertiary/aromatic N) is 2. The van der Waals surface area contributed by atoms with E-state index in [1.165, 1.54) is 0 Å². The lowest BCUT2D eigenvalue weighted by molar-refractivity contribution is -0.142. The molecule has 1 aromatic carbocycles. The fraction of sp³-hybridized carbons (Fsp3) is 0.467. The fourth-order valence-electron chi connectivity index (χ4n) is 2.86. The van der Waals surface area contributed by atoms with Crippen molar-refractivity contribution in [1.29, 1.82) is 0 Å². The van der Waals surface area contributed by atoms with E-state index in [2.05, 4.69) is 4.90 Å². The number of benzene rings is 1. The van der Waals surface area contributed by atoms with Crippen molar-refractivity contribution in [3.63, 3.8) is 0 Å². The van der Waals surface area contributed by atoms with Crippen molar-refractivity contribution in [2.75, 3.05) is 32.8 Å². The smallest absolute Gasteiger partial charge is 0.323 e. The number of ether oxygens (including phenoxy) is 1. The van der Waals surface area contributed by atoms with Crippen LogP contribution < -0.4 is 0 Å². The number of amides is 1. The van der Waals surface area contributed by atoms with Crippen LogP contribution in [0.3, 0.4) is 0 Å². The van der Waals surface area contributed by atoms with Crippen LogP contribution in [0.2, 0.25) is 5.02 Å². The lowest BCUT2D eigenvalue weighted by Gasteiger charge is -2.36. The zero-order chi connectivity index (χ0) is 14.8. The Bertz CT molecular complexity index is 556. The number of piperazine rings is 1. The predicted octanol–water partition coefficient (Wildman–Crippen LogP) is 1.41. The largest absolute Gasteiger partial charge is 0.464 e. The van der Waals surface area contributed by atoms with E-state index >= 15 is 0 Å². The molecule has 1 atom stereocenters. The Morgan fingerprint density at radius 3 is 2.62 bits per heavy atom. The average molecular weight is 309 g/mol. The van der Waals surface area contributed by atoms with Gasteiger partial charge < -0.3 is 9.64 Å². The Kier molecular flexibility index (Phi) is 4.12. The third kappa shape index (κ3) is 3.04. The van der Waals surface area contributed by atoms with Gasteiger partial charge in [0.25, 0.3) is 5.91 Å². The molecule has 6 heteroatoms. The Labute approximate surface area is 128 Å². The normalized spacial score (nSPS) is 23.2. The third-order valence-corrected chi connectivity index (χ3v) is 4.26. The molecule has 1 aromatic rings. The van der Waals surface area contributed by atoms with E-state index in [1.54, 1.807) is 24.3 Å². The van der Waals surface area contributed by atoms with Gasteiger partial charge >= 0.3 is 5.97 Å². The number of carbonyl (C=O) groups is 2. The molecule has 2 saturated heterocycles. The summed E-state index contributed by atoms with van der Waals surface area (Å²) in [4.78, 5) is 27.9. The maximum atomic E-state index is 12.4. The van der Waals surface area contributed by atoms with Gasteiger partial charge in [0.05, 0.1) is 6.61 Å². The Morgan fingerprint density at radius 2 is 2.00 bits per heavy atom. The molecule has 1 amide bonds. The van der Waals surface area contributed by atoms with Crippen molar-refractivity contribution in [2.45, 2.75) is 12.5 Å². The molecule has 2 fully saturated rings. The van der Waals surface area contributed by atoms with E-state index in [-0.39, 0.29) is 17.9 Å². The quantitative estimate of drug-likeness (QED) is 0.775. The Hall–Kier alpha value is -1.59. The highest BCUT2D eigenvalue weighted by molar-refractivity contribution is 6.30. The molecule has 21 heavy (non-hydrogen) atoms. The summed E-state index contributed by atoms with van der Waals surface area (Å²) in [6.07, 6.45) is 0.751. The molecule has 2 heterocycles. The van der Waals surface area contributed by atoms with Gasteiger partial charge in [-0.05, 0) is 18.2 Å². The number of cyclic esters (lactones) is 1. The van der Waals surface area contributed by atoms with Crippen molar-refractivity contribution in [2.24, 2.45) is 0 Å². The van der Waals surface area contributed by atoms with Crippen molar-refractivity contribution in [1.82, 2.24) is 9.80 Å². The molecule has 0 bridgehead atoms. The summed E-state index contributed by atoms with van der Waals surface area (Å²) in [7, 11) is 0. The van der Waals surface area contributed by atoms with E-state index in [0.717, 1.165) is 6.42 Å². The van der Waals surface area contributed by atoms with Gasteiger partial charge in [0.15, 0.2) is 0 Å². The molecule has 2 aliphatic rings. The van der Waals surface area contributed by atoms with Gasteiger partial charge in [-0.25, -0.2) is 0 Å². The molecular weight excluding hydrogens is 292 g/mol. The Balaban J connectivity index is 1.60. The predicted molar refractivity (Wildman–Crippen MR) is 78.3 cm³/mol. The van der Waals surface area contributed by atoms with Gasteiger partial charge in [-0.15, -0.1) is 0 Å². The Morgan fingerprint density at radius 1 is 1.24 bits per heavy atom. The van der Waals surface area contributed by atoms with Gasteiger partial charge in [-0.1, -0.05) is 17.7 Å². The van der Waals surface area contributed by atoms with Crippen molar-refractivity contribution >= 4 is 23.5 Å². The zero-order valence-corrected chi connectivity index (χ0v) is 12.4. The van der Waals surface area contributed by atoms with Crippen LogP contribution >= 0.6 is 11.6 Å². The summed E-state index contributed by atoms with van der Waals surface area (Å²) in [5.41, 5.74) is 0.608. The maximum absolute atomic E-state index is 12.4. The second-order valence-corrected chi connectivity index (χ2v) is 5.75. The number of rotatable bonds is 2. The van der Waals surface area contributed by atoms with Crippen LogP contribution in [-0.2, 0) is 9.53 Å². The number of carbonyl (C=O) groups excluding carboxylic acids is 2. The van der Waals surface area contributed by atoms with Crippen LogP contribution in [0, 0.1) is 0 Å². The van der Waals surface area contributed by atoms with Gasteiger partial charge in [0, 0.05) is 43.2 Å². The van der Waals surface area contributed by atoms with E-state index in [0.29, 0.717) is 43.4 Å². The van der Waals surface area contributed by atoms with Gasteiger partial charge in [0.2, 0.25) is 0 Å². The molecule has 0 aliphatic carbocycles. The molecule has 0 radical (unpaired) electrons. The van der Waals surface area contributed by atoms with Crippen LogP contribution in [-0.4, -0.2) is 60.5 Å². The number of esters is 1. The third-order valence-electron chi connectivity index (χ3n) is 4.02. The molecule has 112 valence electrons. The molecule has 2 aliphatic heterocycles. The topological polar surface area (TPSA) is 49.9 Å². The molecule has 3 rings (SSSR count). The minimum Gasteiger partial charge on any atom is -0.464 e. The number of hydrogen-bond acceptors (Lipinski definition) is 4. The first-order valence-electron chi connectivity index (χ1n) is 7.11. The van der Waals surface area contributed by atoms with Crippen LogP contribution in [0.4, 0.5) is 0 Å². The first-order chi connectivity index (χ1) is 10.1. The van der Waals surface area contributed by atoms with Crippen molar-refractivity contribution < 1.29 is 14.3 Å². The highest BCUT2D eigenvalue weighted by Crippen LogP contribution is 2.18. The van der Waals surface area contributed by atoms with Crippen molar-refractivity contribution in [3.8, 4) is 0 Å². The highest BCUT2D eigenvalue weighted by atomic mass is 35.5. The minimum atomic E-state index is -0.135. The van der Waals surface area contributed by atoms with Crippen LogP contribution in [0.5, 0.6) is 0 Å². The van der Waals surface area contributed by atoms with E-state index < -0.39 is 0 Å². The summed E-state index contributed by atoms with van der Waals surface area (Å²) in [5, 5.41) is 0.563. The molecule has 0 unspecified atom stereocenters. The van der Waals surface area contributed by atoms with E-state index in [9.17, 15) is 9.59 Å². The zero-order valence-electron chi connectivity index (χ0n) is 11.6. The van der Waals surface area contributed by atoms with Gasteiger partial charge in [-0.3, -0.25) is 14.5 Å². The SMILES string of the molecule is O=C1OCC[C@@H]1N1CCN(C(=O)c2cccc(Cl)c2)CC1. The second kappa shape index (κ2) is 6.03. The van der Waals surface area contributed by atoms with Crippen LogP contribution in [0.15, 0.2) is 24.3 Å². The average Bonchev–Trinajstić information content (AvgIpc) is 2.93. The lowest BCUT2D eigenvalue weighted by atomic mass is 10.1. The number of halogens is 1. The molecule has 0 spiro atoms. The highest BCUT2D eigenvalue weighted by Gasteiger charge is 2.34. The van der Waals surface area contributed by atoms with Crippen LogP contribution in [0.25, 0.3) is 0 Å². The monoisotopic (exact) mass is 308 g/mol. The molecule has 5 nitrogen and oxygen atoms in total. The first kappa shape index (κ1) is 14.4. The maximum Gasteiger partial charge on any atom is 0.323 e. The van der Waals surface area contributed by atoms with Gasteiger partial charge in [0.1, 0.15) is 6.04 Å². The standard InChI is InChI=1S/C15H17ClN2O3/c16-12-3-1-2-11(10-12)14(19)18-7-5-17(6-8-18)13-4-9-21-15(13)20/h1-3,10,13H,4-9H2/t13-/m0/s1. The molecule has 0 N–H and O–H groups in total. The molecular formula is C15H17ClN2O3. The second-order valence-electron chi connectivity index (χ2n) is 5.31. The molecule has 0 saturated carbocycles. The summed E-state index contributed by atoms with van der Waals surface area (Å²) in [5.74, 6) is -0.143. The lowest BCUT2D eigenvalue weighted by Crippen LogP contribution is -2.53.